The molecule has 3 rings (SSSR count). The second-order valence-electron chi connectivity index (χ2n) is 5.79. The van der Waals surface area contributed by atoms with Crippen molar-refractivity contribution in [3.05, 3.63) is 36.0 Å². The molecule has 122 valence electrons. The number of benzene rings is 1. The molecular weight excluding hydrogens is 292 g/mol. The Bertz CT molecular complexity index is 666. The van der Waals surface area contributed by atoms with Gasteiger partial charge < -0.3 is 14.4 Å². The summed E-state index contributed by atoms with van der Waals surface area (Å²) >= 11 is 0. The molecule has 1 aromatic carbocycles. The summed E-state index contributed by atoms with van der Waals surface area (Å²) < 4.78 is 11.5. The van der Waals surface area contributed by atoms with Gasteiger partial charge in [-0.3, -0.25) is 9.78 Å². The first kappa shape index (κ1) is 15.7. The maximum Gasteiger partial charge on any atom is 0.209 e. The number of rotatable bonds is 6. The van der Waals surface area contributed by atoms with Gasteiger partial charge in [-0.15, -0.1) is 0 Å². The summed E-state index contributed by atoms with van der Waals surface area (Å²) in [6, 6.07) is 8.07. The van der Waals surface area contributed by atoms with Crippen molar-refractivity contribution in [1.82, 2.24) is 9.88 Å². The summed E-state index contributed by atoms with van der Waals surface area (Å²) in [5.41, 5.74) is 2.02. The van der Waals surface area contributed by atoms with Crippen molar-refractivity contribution in [3.63, 3.8) is 0 Å². The molecule has 5 heteroatoms. The molecule has 2 heterocycles. The van der Waals surface area contributed by atoms with E-state index in [1.165, 1.54) is 0 Å². The van der Waals surface area contributed by atoms with E-state index in [4.69, 9.17) is 9.47 Å². The molecule has 0 unspecified atom stereocenters. The van der Waals surface area contributed by atoms with E-state index in [0.29, 0.717) is 13.2 Å². The van der Waals surface area contributed by atoms with Crippen LogP contribution >= 0.6 is 0 Å². The van der Waals surface area contributed by atoms with Gasteiger partial charge in [0, 0.05) is 44.1 Å². The molecular formula is C18H22N2O3. The Morgan fingerprint density at radius 1 is 1.30 bits per heavy atom. The zero-order valence-electron chi connectivity index (χ0n) is 13.4. The Kier molecular flexibility index (Phi) is 5.08. The smallest absolute Gasteiger partial charge is 0.209 e. The van der Waals surface area contributed by atoms with Gasteiger partial charge in [-0.2, -0.15) is 0 Å². The molecule has 5 nitrogen and oxygen atoms in total. The van der Waals surface area contributed by atoms with Crippen LogP contribution in [-0.2, 0) is 16.1 Å². The van der Waals surface area contributed by atoms with Crippen LogP contribution in [0.1, 0.15) is 25.3 Å². The average Bonchev–Trinajstić information content (AvgIpc) is 2.60. The summed E-state index contributed by atoms with van der Waals surface area (Å²) in [7, 11) is 0. The van der Waals surface area contributed by atoms with Gasteiger partial charge in [-0.25, -0.2) is 0 Å². The molecule has 0 bridgehead atoms. The molecule has 0 saturated carbocycles. The maximum atomic E-state index is 10.7. The van der Waals surface area contributed by atoms with Crippen LogP contribution in [0.5, 0.6) is 5.75 Å². The number of amides is 1. The Balaban J connectivity index is 1.70. The SMILES string of the molecule is CCOCc1cnc2ccc(OC3CCN(C=O)CC3)cc2c1. The van der Waals surface area contributed by atoms with Crippen molar-refractivity contribution in [3.8, 4) is 5.75 Å². The van der Waals surface area contributed by atoms with Gasteiger partial charge in [-0.1, -0.05) is 0 Å². The monoisotopic (exact) mass is 314 g/mol. The van der Waals surface area contributed by atoms with E-state index in [9.17, 15) is 4.79 Å². The number of hydrogen-bond acceptors (Lipinski definition) is 4. The highest BCUT2D eigenvalue weighted by atomic mass is 16.5. The number of carbonyl (C=O) groups excluding carboxylic acids is 1. The average molecular weight is 314 g/mol. The quantitative estimate of drug-likeness (QED) is 0.769. The van der Waals surface area contributed by atoms with Gasteiger partial charge in [0.25, 0.3) is 0 Å². The van der Waals surface area contributed by atoms with E-state index >= 15 is 0 Å². The van der Waals surface area contributed by atoms with E-state index in [1.54, 1.807) is 4.90 Å². The molecule has 0 radical (unpaired) electrons. The summed E-state index contributed by atoms with van der Waals surface area (Å²) in [6.07, 6.45) is 4.69. The number of fused-ring (bicyclic) bond motifs is 1. The number of ether oxygens (including phenoxy) is 2. The lowest BCUT2D eigenvalue weighted by molar-refractivity contribution is -0.119. The summed E-state index contributed by atoms with van der Waals surface area (Å²) in [5, 5.41) is 1.06. The number of carbonyl (C=O) groups is 1. The van der Waals surface area contributed by atoms with E-state index in [2.05, 4.69) is 11.1 Å². The van der Waals surface area contributed by atoms with Gasteiger partial charge in [0.2, 0.25) is 6.41 Å². The molecule has 1 aromatic heterocycles. The van der Waals surface area contributed by atoms with Crippen LogP contribution in [-0.4, -0.2) is 42.1 Å². The van der Waals surface area contributed by atoms with Crippen LogP contribution in [0.4, 0.5) is 0 Å². The summed E-state index contributed by atoms with van der Waals surface area (Å²) in [4.78, 5) is 17.0. The first-order valence-corrected chi connectivity index (χ1v) is 8.11. The van der Waals surface area contributed by atoms with Gasteiger partial charge in [0.1, 0.15) is 11.9 Å². The molecule has 2 aromatic rings. The molecule has 1 fully saturated rings. The first-order valence-electron chi connectivity index (χ1n) is 8.11. The Morgan fingerprint density at radius 3 is 2.87 bits per heavy atom. The number of pyridine rings is 1. The van der Waals surface area contributed by atoms with Crippen molar-refractivity contribution in [2.24, 2.45) is 0 Å². The van der Waals surface area contributed by atoms with Crippen LogP contribution in [0.2, 0.25) is 0 Å². The van der Waals surface area contributed by atoms with E-state index < -0.39 is 0 Å². The Morgan fingerprint density at radius 2 is 2.13 bits per heavy atom. The summed E-state index contributed by atoms with van der Waals surface area (Å²) in [6.45, 7) is 4.79. The largest absolute Gasteiger partial charge is 0.490 e. The number of likely N-dealkylation sites (tertiary alicyclic amines) is 1. The molecule has 1 aliphatic heterocycles. The van der Waals surface area contributed by atoms with Crippen LogP contribution in [0, 0.1) is 0 Å². The maximum absolute atomic E-state index is 10.7. The van der Waals surface area contributed by atoms with Crippen LogP contribution in [0.3, 0.4) is 0 Å². The lowest BCUT2D eigenvalue weighted by atomic mass is 10.1. The molecule has 1 saturated heterocycles. The van der Waals surface area contributed by atoms with Crippen molar-refractivity contribution < 1.29 is 14.3 Å². The lowest BCUT2D eigenvalue weighted by Gasteiger charge is -2.29. The molecule has 1 aliphatic rings. The second-order valence-corrected chi connectivity index (χ2v) is 5.79. The minimum absolute atomic E-state index is 0.170. The number of hydrogen-bond donors (Lipinski definition) is 0. The van der Waals surface area contributed by atoms with Gasteiger partial charge >= 0.3 is 0 Å². The second kappa shape index (κ2) is 7.42. The van der Waals surface area contributed by atoms with Gasteiger partial charge in [0.05, 0.1) is 12.1 Å². The first-order chi connectivity index (χ1) is 11.3. The van der Waals surface area contributed by atoms with E-state index in [1.807, 2.05) is 31.3 Å². The third kappa shape index (κ3) is 3.99. The fraction of sp³-hybridized carbons (Fsp3) is 0.444. The predicted octanol–water partition coefficient (Wildman–Crippen LogP) is 2.77. The molecule has 23 heavy (non-hydrogen) atoms. The van der Waals surface area contributed by atoms with Gasteiger partial charge in [0.15, 0.2) is 0 Å². The highest BCUT2D eigenvalue weighted by molar-refractivity contribution is 5.80. The van der Waals surface area contributed by atoms with Gasteiger partial charge in [-0.05, 0) is 36.8 Å². The molecule has 1 amide bonds. The zero-order valence-corrected chi connectivity index (χ0v) is 13.4. The number of aromatic nitrogens is 1. The van der Waals surface area contributed by atoms with Crippen molar-refractivity contribution in [2.45, 2.75) is 32.5 Å². The molecule has 0 N–H and O–H groups in total. The molecule has 0 spiro atoms. The normalized spacial score (nSPS) is 15.8. The van der Waals surface area contributed by atoms with Crippen molar-refractivity contribution in [2.75, 3.05) is 19.7 Å². The zero-order chi connectivity index (χ0) is 16.1. The number of nitrogens with zero attached hydrogens (tertiary/aromatic N) is 2. The third-order valence-corrected chi connectivity index (χ3v) is 4.11. The topological polar surface area (TPSA) is 51.7 Å². The van der Waals surface area contributed by atoms with E-state index in [0.717, 1.165) is 54.6 Å². The fourth-order valence-electron chi connectivity index (χ4n) is 2.82. The fourth-order valence-corrected chi connectivity index (χ4v) is 2.82. The van der Waals surface area contributed by atoms with Crippen molar-refractivity contribution >= 4 is 17.3 Å². The van der Waals surface area contributed by atoms with Crippen LogP contribution in [0.15, 0.2) is 30.5 Å². The molecule has 0 atom stereocenters. The standard InChI is InChI=1S/C18H22N2O3/c1-2-22-12-14-9-15-10-17(3-4-18(15)19-11-14)23-16-5-7-20(13-21)8-6-16/h3-4,9-11,13,16H,2,5-8,12H2,1H3. The highest BCUT2D eigenvalue weighted by Gasteiger charge is 2.19. The minimum atomic E-state index is 0.170. The lowest BCUT2D eigenvalue weighted by Crippen LogP contribution is -2.37. The van der Waals surface area contributed by atoms with Crippen molar-refractivity contribution in [1.29, 1.82) is 0 Å². The van der Waals surface area contributed by atoms with Crippen LogP contribution < -0.4 is 4.74 Å². The summed E-state index contributed by atoms with van der Waals surface area (Å²) in [5.74, 6) is 0.859. The highest BCUT2D eigenvalue weighted by Crippen LogP contribution is 2.23. The minimum Gasteiger partial charge on any atom is -0.490 e. The Labute approximate surface area is 136 Å². The number of piperidine rings is 1. The van der Waals surface area contributed by atoms with E-state index in [-0.39, 0.29) is 6.10 Å². The molecule has 0 aliphatic carbocycles. The van der Waals surface area contributed by atoms with Crippen LogP contribution in [0.25, 0.3) is 10.9 Å². The predicted molar refractivity (Wildman–Crippen MR) is 88.4 cm³/mol. The Hall–Kier alpha value is -2.14. The third-order valence-electron chi connectivity index (χ3n) is 4.11.